The van der Waals surface area contributed by atoms with Gasteiger partial charge in [0.05, 0.1) is 6.61 Å². The van der Waals surface area contributed by atoms with E-state index in [1.807, 2.05) is 12.1 Å². The molecule has 2 N–H and O–H groups in total. The fraction of sp³-hybridized carbons (Fsp3) is 0.400. The van der Waals surface area contributed by atoms with Gasteiger partial charge in [0, 0.05) is 6.20 Å². The predicted octanol–water partition coefficient (Wildman–Crippen LogP) is 1.28. The van der Waals surface area contributed by atoms with Crippen molar-refractivity contribution in [1.82, 2.24) is 4.98 Å². The third-order valence-electron chi connectivity index (χ3n) is 1.83. The van der Waals surface area contributed by atoms with Crippen molar-refractivity contribution in [3.8, 4) is 0 Å². The van der Waals surface area contributed by atoms with Gasteiger partial charge in [-0.1, -0.05) is 6.07 Å². The molecule has 0 amide bonds. The van der Waals surface area contributed by atoms with Crippen molar-refractivity contribution in [3.05, 3.63) is 28.5 Å². The molecule has 0 saturated carbocycles. The predicted molar refractivity (Wildman–Crippen MR) is 60.2 cm³/mol. The van der Waals surface area contributed by atoms with Gasteiger partial charge in [-0.25, -0.2) is 4.98 Å². The first-order chi connectivity index (χ1) is 7.13. The summed E-state index contributed by atoms with van der Waals surface area (Å²) in [5, 5.41) is 0. The summed E-state index contributed by atoms with van der Waals surface area (Å²) < 4.78 is 5.57. The van der Waals surface area contributed by atoms with E-state index in [2.05, 4.69) is 20.9 Å². The zero-order chi connectivity index (χ0) is 11.3. The van der Waals surface area contributed by atoms with Crippen molar-refractivity contribution in [2.75, 3.05) is 6.61 Å². The van der Waals surface area contributed by atoms with Crippen LogP contribution in [0.1, 0.15) is 12.5 Å². The largest absolute Gasteiger partial charge is 0.465 e. The molecule has 0 bridgehead atoms. The lowest BCUT2D eigenvalue weighted by Crippen LogP contribution is -2.34. The van der Waals surface area contributed by atoms with Crippen LogP contribution in [-0.4, -0.2) is 23.6 Å². The van der Waals surface area contributed by atoms with E-state index >= 15 is 0 Å². The molecule has 0 unspecified atom stereocenters. The first kappa shape index (κ1) is 12.1. The molecular weight excluding hydrogens is 260 g/mol. The van der Waals surface area contributed by atoms with Crippen molar-refractivity contribution in [2.45, 2.75) is 19.4 Å². The summed E-state index contributed by atoms with van der Waals surface area (Å²) in [6.45, 7) is 2.11. The van der Waals surface area contributed by atoms with Gasteiger partial charge in [0.15, 0.2) is 0 Å². The lowest BCUT2D eigenvalue weighted by atomic mass is 10.1. The summed E-state index contributed by atoms with van der Waals surface area (Å²) in [7, 11) is 0. The van der Waals surface area contributed by atoms with Crippen LogP contribution >= 0.6 is 15.9 Å². The number of nitrogens with zero attached hydrogens (tertiary/aromatic N) is 1. The number of aromatic nitrogens is 1. The van der Waals surface area contributed by atoms with E-state index in [-0.39, 0.29) is 5.97 Å². The van der Waals surface area contributed by atoms with E-state index in [1.165, 1.54) is 0 Å². The summed E-state index contributed by atoms with van der Waals surface area (Å²) in [5.41, 5.74) is 6.57. The number of nitrogens with two attached hydrogens (primary N) is 1. The average molecular weight is 273 g/mol. The van der Waals surface area contributed by atoms with Gasteiger partial charge in [0.1, 0.15) is 10.6 Å². The van der Waals surface area contributed by atoms with E-state index in [4.69, 9.17) is 10.5 Å². The Labute approximate surface area is 97.0 Å². The average Bonchev–Trinajstić information content (AvgIpc) is 2.22. The SMILES string of the molecule is CCOC(=O)[C@H](N)Cc1ccc(Br)nc1. The summed E-state index contributed by atoms with van der Waals surface area (Å²) >= 11 is 3.23. The van der Waals surface area contributed by atoms with Gasteiger partial charge in [0.25, 0.3) is 0 Å². The number of halogens is 1. The Morgan fingerprint density at radius 2 is 2.40 bits per heavy atom. The Bertz CT molecular complexity index is 327. The molecule has 0 spiro atoms. The Hall–Kier alpha value is -0.940. The van der Waals surface area contributed by atoms with Crippen LogP contribution in [0.4, 0.5) is 0 Å². The van der Waals surface area contributed by atoms with Crippen LogP contribution in [0.15, 0.2) is 22.9 Å². The van der Waals surface area contributed by atoms with Gasteiger partial charge in [0.2, 0.25) is 0 Å². The number of esters is 1. The maximum atomic E-state index is 11.2. The molecule has 1 heterocycles. The van der Waals surface area contributed by atoms with Crippen LogP contribution in [0.25, 0.3) is 0 Å². The zero-order valence-corrected chi connectivity index (χ0v) is 10.0. The molecule has 0 radical (unpaired) electrons. The molecule has 4 nitrogen and oxygen atoms in total. The minimum atomic E-state index is -0.618. The molecule has 0 aliphatic carbocycles. The van der Waals surface area contributed by atoms with Crippen LogP contribution in [0.3, 0.4) is 0 Å². The zero-order valence-electron chi connectivity index (χ0n) is 8.44. The van der Waals surface area contributed by atoms with Gasteiger partial charge in [-0.15, -0.1) is 0 Å². The molecule has 5 heteroatoms. The Kier molecular flexibility index (Phi) is 4.71. The Morgan fingerprint density at radius 1 is 1.67 bits per heavy atom. The molecule has 1 aromatic heterocycles. The molecule has 15 heavy (non-hydrogen) atoms. The van der Waals surface area contributed by atoms with Gasteiger partial charge in [-0.05, 0) is 40.9 Å². The molecule has 0 fully saturated rings. The number of carbonyl (C=O) groups excluding carboxylic acids is 1. The van der Waals surface area contributed by atoms with Gasteiger partial charge >= 0.3 is 5.97 Å². The second-order valence-electron chi connectivity index (χ2n) is 3.05. The maximum absolute atomic E-state index is 11.2. The highest BCUT2D eigenvalue weighted by atomic mass is 79.9. The Morgan fingerprint density at radius 3 is 2.93 bits per heavy atom. The number of ether oxygens (including phenoxy) is 1. The van der Waals surface area contributed by atoms with Crippen LogP contribution in [-0.2, 0) is 16.0 Å². The highest BCUT2D eigenvalue weighted by molar-refractivity contribution is 9.10. The summed E-state index contributed by atoms with van der Waals surface area (Å²) in [6, 6.07) is 3.07. The highest BCUT2D eigenvalue weighted by Gasteiger charge is 2.14. The van der Waals surface area contributed by atoms with E-state index in [0.29, 0.717) is 13.0 Å². The molecule has 0 aromatic carbocycles. The normalized spacial score (nSPS) is 12.2. The lowest BCUT2D eigenvalue weighted by molar-refractivity contribution is -0.144. The third-order valence-corrected chi connectivity index (χ3v) is 2.30. The minimum Gasteiger partial charge on any atom is -0.465 e. The molecule has 82 valence electrons. The van der Waals surface area contributed by atoms with Crippen LogP contribution in [0.5, 0.6) is 0 Å². The fourth-order valence-corrected chi connectivity index (χ4v) is 1.35. The van der Waals surface area contributed by atoms with Crippen molar-refractivity contribution in [1.29, 1.82) is 0 Å². The fourth-order valence-electron chi connectivity index (χ4n) is 1.11. The van der Waals surface area contributed by atoms with E-state index in [1.54, 1.807) is 13.1 Å². The first-order valence-corrected chi connectivity index (χ1v) is 5.45. The molecule has 1 atom stereocenters. The summed E-state index contributed by atoms with van der Waals surface area (Å²) in [6.07, 6.45) is 2.13. The van der Waals surface area contributed by atoms with Crippen molar-refractivity contribution in [3.63, 3.8) is 0 Å². The van der Waals surface area contributed by atoms with E-state index in [9.17, 15) is 4.79 Å². The van der Waals surface area contributed by atoms with Crippen molar-refractivity contribution < 1.29 is 9.53 Å². The molecule has 0 aliphatic heterocycles. The van der Waals surface area contributed by atoms with Crippen molar-refractivity contribution >= 4 is 21.9 Å². The van der Waals surface area contributed by atoms with E-state index in [0.717, 1.165) is 10.2 Å². The van der Waals surface area contributed by atoms with E-state index < -0.39 is 6.04 Å². The standard InChI is InChI=1S/C10H13BrN2O2/c1-2-15-10(14)8(12)5-7-3-4-9(11)13-6-7/h3-4,6,8H,2,5,12H2,1H3/t8-/m1/s1. The van der Waals surface area contributed by atoms with Gasteiger partial charge in [-0.2, -0.15) is 0 Å². The topological polar surface area (TPSA) is 65.2 Å². The lowest BCUT2D eigenvalue weighted by Gasteiger charge is -2.09. The maximum Gasteiger partial charge on any atom is 0.323 e. The second kappa shape index (κ2) is 5.82. The molecular formula is C10H13BrN2O2. The number of carbonyl (C=O) groups is 1. The van der Waals surface area contributed by atoms with Crippen LogP contribution in [0.2, 0.25) is 0 Å². The summed E-state index contributed by atoms with van der Waals surface area (Å²) in [5.74, 6) is -0.375. The number of hydrogen-bond donors (Lipinski definition) is 1. The van der Waals surface area contributed by atoms with Gasteiger partial charge < -0.3 is 10.5 Å². The first-order valence-electron chi connectivity index (χ1n) is 4.66. The molecule has 1 aromatic rings. The Balaban J connectivity index is 2.54. The van der Waals surface area contributed by atoms with Gasteiger partial charge in [-0.3, -0.25) is 4.79 Å². The minimum absolute atomic E-state index is 0.352. The van der Waals surface area contributed by atoms with Crippen LogP contribution < -0.4 is 5.73 Å². The summed E-state index contributed by atoms with van der Waals surface area (Å²) in [4.78, 5) is 15.3. The number of hydrogen-bond acceptors (Lipinski definition) is 4. The monoisotopic (exact) mass is 272 g/mol. The third kappa shape index (κ3) is 3.97. The number of pyridine rings is 1. The quantitative estimate of drug-likeness (QED) is 0.663. The molecule has 1 rings (SSSR count). The highest BCUT2D eigenvalue weighted by Crippen LogP contribution is 2.08. The molecule has 0 saturated heterocycles. The second-order valence-corrected chi connectivity index (χ2v) is 3.86. The smallest absolute Gasteiger partial charge is 0.323 e. The van der Waals surface area contributed by atoms with Crippen molar-refractivity contribution in [2.24, 2.45) is 5.73 Å². The number of rotatable bonds is 4. The molecule has 0 aliphatic rings. The van der Waals surface area contributed by atoms with Crippen LogP contribution in [0, 0.1) is 0 Å².